The summed E-state index contributed by atoms with van der Waals surface area (Å²) in [6.45, 7) is 11.7. The summed E-state index contributed by atoms with van der Waals surface area (Å²) in [4.78, 5) is 19.5. The van der Waals surface area contributed by atoms with Gasteiger partial charge >= 0.3 is 5.97 Å². The Morgan fingerprint density at radius 2 is 1.15 bits per heavy atom. The quantitative estimate of drug-likeness (QED) is 0.441. The summed E-state index contributed by atoms with van der Waals surface area (Å²) in [6.07, 6.45) is -0.787. The highest BCUT2D eigenvalue weighted by atomic mass is 16.7. The third-order valence-corrected chi connectivity index (χ3v) is 6.46. The van der Waals surface area contributed by atoms with Gasteiger partial charge in [-0.3, -0.25) is 4.84 Å². The molecule has 4 nitrogen and oxygen atoms in total. The average molecular weight is 444 g/mol. The van der Waals surface area contributed by atoms with Gasteiger partial charge in [-0.2, -0.15) is 5.06 Å². The number of nitrogens with zero attached hydrogens (tertiary/aromatic N) is 1. The smallest absolute Gasteiger partial charge is 0.337 e. The second-order valence-corrected chi connectivity index (χ2v) is 10.00. The van der Waals surface area contributed by atoms with Crippen molar-refractivity contribution in [2.24, 2.45) is 0 Å². The number of carbonyl (C=O) groups excluding carboxylic acids is 1. The number of ether oxygens (including phenoxy) is 1. The molecule has 0 aliphatic carbocycles. The van der Waals surface area contributed by atoms with Crippen molar-refractivity contribution in [2.45, 2.75) is 64.3 Å². The van der Waals surface area contributed by atoms with E-state index in [4.69, 9.17) is 9.57 Å². The van der Waals surface area contributed by atoms with Gasteiger partial charge in [0.2, 0.25) is 0 Å². The molecule has 0 amide bonds. The Bertz CT molecular complexity index is 1050. The molecule has 1 unspecified atom stereocenters. The maximum Gasteiger partial charge on any atom is 0.337 e. The summed E-state index contributed by atoms with van der Waals surface area (Å²) in [5.74, 6) is -0.385. The zero-order chi connectivity index (χ0) is 23.9. The van der Waals surface area contributed by atoms with Crippen molar-refractivity contribution in [3.8, 4) is 0 Å². The number of hydroxylamine groups is 2. The molecular formula is C29H33NO3. The minimum Gasteiger partial charge on any atom is -0.458 e. The van der Waals surface area contributed by atoms with Crippen LogP contribution >= 0.6 is 0 Å². The number of carbonyl (C=O) groups is 1. The summed E-state index contributed by atoms with van der Waals surface area (Å²) in [6, 6.07) is 29.1. The predicted molar refractivity (Wildman–Crippen MR) is 130 cm³/mol. The van der Waals surface area contributed by atoms with E-state index in [1.165, 1.54) is 0 Å². The van der Waals surface area contributed by atoms with Gasteiger partial charge in [-0.05, 0) is 63.8 Å². The average Bonchev–Trinajstić information content (AvgIpc) is 3.00. The lowest BCUT2D eigenvalue weighted by molar-refractivity contribution is -0.275. The largest absolute Gasteiger partial charge is 0.458 e. The van der Waals surface area contributed by atoms with Gasteiger partial charge in [-0.15, -0.1) is 0 Å². The molecule has 0 bridgehead atoms. The standard InChI is InChI=1S/C29H33NO3/c1-21(26(31)32-27(2,3)4)33-30-28(5,22-15-9-7-10-16-22)24-19-13-14-20-25(24)29(30,6)23-17-11-8-12-18-23/h7-21H,1-6H3/t21?,28-,29+. The van der Waals surface area contributed by atoms with Gasteiger partial charge in [0.05, 0.1) is 11.1 Å². The Morgan fingerprint density at radius 3 is 1.55 bits per heavy atom. The van der Waals surface area contributed by atoms with Crippen molar-refractivity contribution in [2.75, 3.05) is 0 Å². The Balaban J connectivity index is 1.90. The fourth-order valence-electron chi connectivity index (χ4n) is 4.87. The number of hydrogen-bond acceptors (Lipinski definition) is 4. The molecule has 0 fully saturated rings. The third-order valence-electron chi connectivity index (χ3n) is 6.46. The van der Waals surface area contributed by atoms with Gasteiger partial charge in [0.25, 0.3) is 0 Å². The van der Waals surface area contributed by atoms with Gasteiger partial charge < -0.3 is 4.74 Å². The first-order valence-corrected chi connectivity index (χ1v) is 11.5. The maximum atomic E-state index is 12.9. The second kappa shape index (κ2) is 8.44. The molecule has 1 aliphatic heterocycles. The number of fused-ring (bicyclic) bond motifs is 1. The summed E-state index contributed by atoms with van der Waals surface area (Å²) < 4.78 is 5.64. The first-order chi connectivity index (χ1) is 15.6. The van der Waals surface area contributed by atoms with Crippen LogP contribution in [0.2, 0.25) is 0 Å². The van der Waals surface area contributed by atoms with E-state index in [9.17, 15) is 4.79 Å². The molecule has 172 valence electrons. The maximum absolute atomic E-state index is 12.9. The van der Waals surface area contributed by atoms with E-state index in [-0.39, 0.29) is 5.97 Å². The zero-order valence-electron chi connectivity index (χ0n) is 20.3. The van der Waals surface area contributed by atoms with Crippen LogP contribution in [0.3, 0.4) is 0 Å². The number of esters is 1. The summed E-state index contributed by atoms with van der Waals surface area (Å²) in [5.41, 5.74) is 2.64. The molecule has 0 saturated carbocycles. The first kappa shape index (κ1) is 23.2. The molecule has 0 saturated heterocycles. The van der Waals surface area contributed by atoms with E-state index in [2.05, 4.69) is 62.4 Å². The van der Waals surface area contributed by atoms with Crippen LogP contribution in [0.15, 0.2) is 84.9 Å². The van der Waals surface area contributed by atoms with Crippen molar-refractivity contribution >= 4 is 5.97 Å². The van der Waals surface area contributed by atoms with Gasteiger partial charge in [0.1, 0.15) is 5.60 Å². The van der Waals surface area contributed by atoms with Crippen LogP contribution in [0.1, 0.15) is 63.8 Å². The molecule has 3 aromatic rings. The van der Waals surface area contributed by atoms with Gasteiger partial charge in [-0.1, -0.05) is 84.9 Å². The lowest BCUT2D eigenvalue weighted by Gasteiger charge is -2.44. The SMILES string of the molecule is CC(ON1[C@@](C)(c2ccccc2)c2ccccc2[C@@]1(C)c1ccccc1)C(=O)OC(C)(C)C. The highest BCUT2D eigenvalue weighted by molar-refractivity contribution is 5.74. The molecule has 0 spiro atoms. The molecule has 0 N–H and O–H groups in total. The number of hydrogen-bond donors (Lipinski definition) is 0. The molecule has 3 aromatic carbocycles. The van der Waals surface area contributed by atoms with Crippen LogP contribution in [-0.4, -0.2) is 22.7 Å². The Morgan fingerprint density at radius 1 is 0.758 bits per heavy atom. The molecule has 4 rings (SSSR count). The summed E-state index contributed by atoms with van der Waals surface area (Å²) in [7, 11) is 0. The van der Waals surface area contributed by atoms with E-state index in [0.29, 0.717) is 0 Å². The molecule has 0 radical (unpaired) electrons. The van der Waals surface area contributed by atoms with Crippen LogP contribution in [-0.2, 0) is 25.4 Å². The van der Waals surface area contributed by atoms with E-state index in [0.717, 1.165) is 22.3 Å². The lowest BCUT2D eigenvalue weighted by Crippen LogP contribution is -2.52. The van der Waals surface area contributed by atoms with Gasteiger partial charge in [-0.25, -0.2) is 4.79 Å². The van der Waals surface area contributed by atoms with Crippen molar-refractivity contribution in [3.05, 3.63) is 107 Å². The summed E-state index contributed by atoms with van der Waals surface area (Å²) in [5, 5.41) is 2.00. The molecule has 4 heteroatoms. The fraction of sp³-hybridized carbons (Fsp3) is 0.345. The molecule has 33 heavy (non-hydrogen) atoms. The van der Waals surface area contributed by atoms with E-state index in [1.807, 2.05) is 62.2 Å². The van der Waals surface area contributed by atoms with E-state index >= 15 is 0 Å². The predicted octanol–water partition coefficient (Wildman–Crippen LogP) is 6.19. The van der Waals surface area contributed by atoms with Crippen LogP contribution in [0.25, 0.3) is 0 Å². The Kier molecular flexibility index (Phi) is 5.94. The number of rotatable bonds is 5. The molecule has 3 atom stereocenters. The van der Waals surface area contributed by atoms with Crippen LogP contribution < -0.4 is 0 Å². The molecule has 1 heterocycles. The highest BCUT2D eigenvalue weighted by Crippen LogP contribution is 2.55. The van der Waals surface area contributed by atoms with Crippen LogP contribution in [0.5, 0.6) is 0 Å². The third kappa shape index (κ3) is 3.98. The fourth-order valence-corrected chi connectivity index (χ4v) is 4.87. The molecule has 0 aromatic heterocycles. The second-order valence-electron chi connectivity index (χ2n) is 10.00. The Labute approximate surface area is 197 Å². The van der Waals surface area contributed by atoms with Gasteiger partial charge in [0.15, 0.2) is 6.10 Å². The Hall–Kier alpha value is -2.95. The number of benzene rings is 3. The minimum atomic E-state index is -0.787. The first-order valence-electron chi connectivity index (χ1n) is 11.5. The normalized spacial score (nSPS) is 23.7. The molecular weight excluding hydrogens is 410 g/mol. The van der Waals surface area contributed by atoms with Crippen molar-refractivity contribution < 1.29 is 14.4 Å². The summed E-state index contributed by atoms with van der Waals surface area (Å²) >= 11 is 0. The zero-order valence-corrected chi connectivity index (χ0v) is 20.3. The van der Waals surface area contributed by atoms with E-state index < -0.39 is 22.8 Å². The monoisotopic (exact) mass is 443 g/mol. The lowest BCUT2D eigenvalue weighted by atomic mass is 9.83. The topological polar surface area (TPSA) is 38.8 Å². The van der Waals surface area contributed by atoms with Gasteiger partial charge in [0, 0.05) is 0 Å². The van der Waals surface area contributed by atoms with Crippen molar-refractivity contribution in [3.63, 3.8) is 0 Å². The van der Waals surface area contributed by atoms with Crippen molar-refractivity contribution in [1.82, 2.24) is 5.06 Å². The minimum absolute atomic E-state index is 0.385. The van der Waals surface area contributed by atoms with Crippen LogP contribution in [0, 0.1) is 0 Å². The van der Waals surface area contributed by atoms with E-state index in [1.54, 1.807) is 6.92 Å². The highest BCUT2D eigenvalue weighted by Gasteiger charge is 2.57. The van der Waals surface area contributed by atoms with Crippen molar-refractivity contribution in [1.29, 1.82) is 0 Å². The van der Waals surface area contributed by atoms with Crippen LogP contribution in [0.4, 0.5) is 0 Å². The molecule has 1 aliphatic rings.